The Hall–Kier alpha value is -3.02. The smallest absolute Gasteiger partial charge is 0.271 e. The number of imidazole rings is 1. The predicted molar refractivity (Wildman–Crippen MR) is 88.5 cm³/mol. The van der Waals surface area contributed by atoms with Crippen LogP contribution in [0.1, 0.15) is 21.6 Å². The first-order valence-electron chi connectivity index (χ1n) is 7.81. The molecule has 1 aliphatic rings. The summed E-state index contributed by atoms with van der Waals surface area (Å²) in [4.78, 5) is 16.6. The summed E-state index contributed by atoms with van der Waals surface area (Å²) in [6.07, 6.45) is 4.36. The number of rotatable bonds is 4. The van der Waals surface area contributed by atoms with Crippen LogP contribution in [-0.4, -0.2) is 28.6 Å². The number of aromatic nitrogens is 2. The molecule has 0 atom stereocenters. The highest BCUT2D eigenvalue weighted by molar-refractivity contribution is 5.92. The lowest BCUT2D eigenvalue weighted by molar-refractivity contribution is 0.0950. The summed E-state index contributed by atoms with van der Waals surface area (Å²) >= 11 is 0. The van der Waals surface area contributed by atoms with Crippen molar-refractivity contribution in [1.82, 2.24) is 14.7 Å². The maximum Gasteiger partial charge on any atom is 0.271 e. The van der Waals surface area contributed by atoms with Crippen LogP contribution in [0.15, 0.2) is 42.7 Å². The van der Waals surface area contributed by atoms with Gasteiger partial charge in [0, 0.05) is 18.9 Å². The van der Waals surface area contributed by atoms with E-state index in [1.165, 1.54) is 0 Å². The molecule has 0 radical (unpaired) electrons. The monoisotopic (exact) mass is 323 g/mol. The number of aryl methyl sites for hydroxylation is 1. The molecule has 4 rings (SSSR count). The molecule has 3 aromatic rings. The minimum absolute atomic E-state index is 0.169. The van der Waals surface area contributed by atoms with Crippen LogP contribution in [0.5, 0.6) is 11.5 Å². The molecule has 1 aromatic carbocycles. The average Bonchev–Trinajstić information content (AvgIpc) is 3.20. The van der Waals surface area contributed by atoms with Gasteiger partial charge in [-0.15, -0.1) is 0 Å². The number of ether oxygens (including phenoxy) is 2. The van der Waals surface area contributed by atoms with Gasteiger partial charge in [0.15, 0.2) is 11.5 Å². The van der Waals surface area contributed by atoms with Crippen molar-refractivity contribution in [1.29, 1.82) is 0 Å². The molecule has 6 heteroatoms. The third kappa shape index (κ3) is 2.78. The van der Waals surface area contributed by atoms with Crippen molar-refractivity contribution in [2.75, 3.05) is 13.3 Å². The highest BCUT2D eigenvalue weighted by Gasteiger charge is 2.14. The zero-order valence-corrected chi connectivity index (χ0v) is 13.3. The van der Waals surface area contributed by atoms with E-state index in [0.29, 0.717) is 12.2 Å². The highest BCUT2D eigenvalue weighted by Crippen LogP contribution is 2.32. The van der Waals surface area contributed by atoms with Crippen LogP contribution >= 0.6 is 0 Å². The quantitative estimate of drug-likeness (QED) is 0.800. The zero-order valence-electron chi connectivity index (χ0n) is 13.3. The molecule has 0 saturated carbocycles. The Bertz CT molecular complexity index is 917. The second kappa shape index (κ2) is 5.88. The van der Waals surface area contributed by atoms with Crippen LogP contribution < -0.4 is 14.8 Å². The fourth-order valence-corrected chi connectivity index (χ4v) is 2.70. The number of amides is 1. The van der Waals surface area contributed by atoms with Crippen molar-refractivity contribution in [3.63, 3.8) is 0 Å². The summed E-state index contributed by atoms with van der Waals surface area (Å²) < 4.78 is 12.5. The number of carbonyl (C=O) groups excluding carboxylic acids is 1. The van der Waals surface area contributed by atoms with Crippen molar-refractivity contribution in [2.45, 2.75) is 13.3 Å². The van der Waals surface area contributed by atoms with E-state index in [4.69, 9.17) is 9.47 Å². The number of carbonyl (C=O) groups is 1. The third-order valence-corrected chi connectivity index (χ3v) is 3.98. The molecule has 1 amide bonds. The SMILES string of the molecule is Cc1ccn2cc(C(=O)NCCc3ccc4c(c3)OCO4)nc2c1. The summed E-state index contributed by atoms with van der Waals surface area (Å²) in [5.74, 6) is 1.36. The number of hydrogen-bond acceptors (Lipinski definition) is 4. The van der Waals surface area contributed by atoms with Crippen molar-refractivity contribution >= 4 is 11.6 Å². The molecule has 0 saturated heterocycles. The molecule has 0 fully saturated rings. The molecule has 2 aromatic heterocycles. The second-order valence-corrected chi connectivity index (χ2v) is 5.79. The number of hydrogen-bond donors (Lipinski definition) is 1. The topological polar surface area (TPSA) is 64.9 Å². The van der Waals surface area contributed by atoms with Gasteiger partial charge in [-0.3, -0.25) is 4.79 Å². The van der Waals surface area contributed by atoms with Gasteiger partial charge in [-0.2, -0.15) is 0 Å². The predicted octanol–water partition coefficient (Wildman–Crippen LogP) is 2.34. The van der Waals surface area contributed by atoms with Gasteiger partial charge in [0.05, 0.1) is 0 Å². The van der Waals surface area contributed by atoms with Gasteiger partial charge in [0.2, 0.25) is 6.79 Å². The highest BCUT2D eigenvalue weighted by atomic mass is 16.7. The Labute approximate surface area is 139 Å². The number of benzene rings is 1. The van der Waals surface area contributed by atoms with Crippen LogP contribution in [0.3, 0.4) is 0 Å². The van der Waals surface area contributed by atoms with Crippen molar-refractivity contribution in [3.05, 3.63) is 59.5 Å². The molecule has 0 unspecified atom stereocenters. The minimum atomic E-state index is -0.169. The van der Waals surface area contributed by atoms with E-state index < -0.39 is 0 Å². The van der Waals surface area contributed by atoms with E-state index in [2.05, 4.69) is 10.3 Å². The van der Waals surface area contributed by atoms with Gasteiger partial charge in [-0.1, -0.05) is 6.07 Å². The maximum atomic E-state index is 12.2. The normalized spacial score (nSPS) is 12.5. The molecular weight excluding hydrogens is 306 g/mol. The van der Waals surface area contributed by atoms with Gasteiger partial charge in [0.25, 0.3) is 5.91 Å². The van der Waals surface area contributed by atoms with Crippen LogP contribution in [0.25, 0.3) is 5.65 Å². The van der Waals surface area contributed by atoms with Crippen LogP contribution in [-0.2, 0) is 6.42 Å². The number of nitrogens with one attached hydrogen (secondary N) is 1. The largest absolute Gasteiger partial charge is 0.454 e. The molecular formula is C18H17N3O3. The summed E-state index contributed by atoms with van der Waals surface area (Å²) in [7, 11) is 0. The molecule has 1 aliphatic heterocycles. The lowest BCUT2D eigenvalue weighted by Gasteiger charge is -2.04. The summed E-state index contributed by atoms with van der Waals surface area (Å²) in [5.41, 5.74) is 3.40. The standard InChI is InChI=1S/C18H17N3O3/c1-12-5-7-21-10-14(20-17(21)8-12)18(22)19-6-4-13-2-3-15-16(9-13)24-11-23-15/h2-3,5,7-10H,4,6,11H2,1H3,(H,19,22). The van der Waals surface area contributed by atoms with Crippen LogP contribution in [0.2, 0.25) is 0 Å². The summed E-state index contributed by atoms with van der Waals surface area (Å²) in [6.45, 7) is 2.80. The Balaban J connectivity index is 1.39. The van der Waals surface area contributed by atoms with Crippen LogP contribution in [0.4, 0.5) is 0 Å². The first kappa shape index (κ1) is 14.6. The van der Waals surface area contributed by atoms with E-state index in [9.17, 15) is 4.79 Å². The second-order valence-electron chi connectivity index (χ2n) is 5.79. The van der Waals surface area contributed by atoms with Gasteiger partial charge in [-0.25, -0.2) is 4.98 Å². The van der Waals surface area contributed by atoms with Crippen molar-refractivity contribution in [2.24, 2.45) is 0 Å². The van der Waals surface area contributed by atoms with Gasteiger partial charge >= 0.3 is 0 Å². The molecule has 0 aliphatic carbocycles. The summed E-state index contributed by atoms with van der Waals surface area (Å²) in [5, 5.41) is 2.90. The average molecular weight is 323 g/mol. The lowest BCUT2D eigenvalue weighted by Crippen LogP contribution is -2.25. The van der Waals surface area contributed by atoms with Gasteiger partial charge in [-0.05, 0) is 48.7 Å². The maximum absolute atomic E-state index is 12.2. The molecule has 0 spiro atoms. The fraction of sp³-hybridized carbons (Fsp3) is 0.222. The van der Waals surface area contributed by atoms with Crippen molar-refractivity contribution in [3.8, 4) is 11.5 Å². The number of pyridine rings is 1. The van der Waals surface area contributed by atoms with Gasteiger partial charge < -0.3 is 19.2 Å². The molecule has 0 bridgehead atoms. The van der Waals surface area contributed by atoms with E-state index in [1.54, 1.807) is 6.20 Å². The Morgan fingerprint density at radius 1 is 1.25 bits per heavy atom. The first-order valence-corrected chi connectivity index (χ1v) is 7.81. The molecule has 3 heterocycles. The molecule has 122 valence electrons. The zero-order chi connectivity index (χ0) is 16.5. The molecule has 6 nitrogen and oxygen atoms in total. The molecule has 1 N–H and O–H groups in total. The Morgan fingerprint density at radius 2 is 2.12 bits per heavy atom. The minimum Gasteiger partial charge on any atom is -0.454 e. The first-order chi connectivity index (χ1) is 11.7. The van der Waals surface area contributed by atoms with E-state index in [-0.39, 0.29) is 12.7 Å². The van der Waals surface area contributed by atoms with E-state index in [1.807, 2.05) is 47.9 Å². The molecule has 24 heavy (non-hydrogen) atoms. The third-order valence-electron chi connectivity index (χ3n) is 3.98. The van der Waals surface area contributed by atoms with Crippen molar-refractivity contribution < 1.29 is 14.3 Å². The number of nitrogens with zero attached hydrogens (tertiary/aromatic N) is 2. The van der Waals surface area contributed by atoms with E-state index >= 15 is 0 Å². The van der Waals surface area contributed by atoms with Gasteiger partial charge in [0.1, 0.15) is 11.3 Å². The fourth-order valence-electron chi connectivity index (χ4n) is 2.70. The Kier molecular flexibility index (Phi) is 3.57. The lowest BCUT2D eigenvalue weighted by atomic mass is 10.1. The Morgan fingerprint density at radius 3 is 3.04 bits per heavy atom. The summed E-state index contributed by atoms with van der Waals surface area (Å²) in [6, 6.07) is 9.75. The van der Waals surface area contributed by atoms with Crippen LogP contribution in [0, 0.1) is 6.92 Å². The van der Waals surface area contributed by atoms with E-state index in [0.717, 1.165) is 34.7 Å². The number of fused-ring (bicyclic) bond motifs is 2.